The van der Waals surface area contributed by atoms with Gasteiger partial charge in [0.15, 0.2) is 5.96 Å². The molecule has 22 heavy (non-hydrogen) atoms. The molecule has 1 aromatic rings. The van der Waals surface area contributed by atoms with Crippen molar-refractivity contribution in [3.05, 3.63) is 35.6 Å². The molecule has 1 N–H and O–H groups in total. The van der Waals surface area contributed by atoms with E-state index in [2.05, 4.69) is 22.1 Å². The van der Waals surface area contributed by atoms with Crippen LogP contribution < -0.4 is 5.32 Å². The molecule has 1 aliphatic heterocycles. The number of methoxy groups -OCH3 is 1. The summed E-state index contributed by atoms with van der Waals surface area (Å²) in [4.78, 5) is 6.67. The normalized spacial score (nSPS) is 20.8. The summed E-state index contributed by atoms with van der Waals surface area (Å²) in [7, 11) is 3.47. The molecule has 122 valence electrons. The standard InChI is InChI=1S/C17H26FN3O/c1-13-5-4-10-21(12-13)17(19-2)20-11-16(22-3)14-6-8-15(18)9-7-14/h6-9,13,16H,4-5,10-12H2,1-3H3,(H,19,20). The van der Waals surface area contributed by atoms with Crippen molar-refractivity contribution in [2.45, 2.75) is 25.9 Å². The molecule has 1 fully saturated rings. The summed E-state index contributed by atoms with van der Waals surface area (Å²) < 4.78 is 18.5. The molecule has 0 spiro atoms. The van der Waals surface area contributed by atoms with Crippen molar-refractivity contribution < 1.29 is 9.13 Å². The van der Waals surface area contributed by atoms with Crippen LogP contribution in [0.15, 0.2) is 29.3 Å². The van der Waals surface area contributed by atoms with E-state index in [0.717, 1.165) is 24.6 Å². The van der Waals surface area contributed by atoms with Gasteiger partial charge in [-0.2, -0.15) is 0 Å². The molecule has 1 aromatic carbocycles. The highest BCUT2D eigenvalue weighted by Crippen LogP contribution is 2.18. The van der Waals surface area contributed by atoms with Crippen LogP contribution >= 0.6 is 0 Å². The molecule has 0 aromatic heterocycles. The fourth-order valence-electron chi connectivity index (χ4n) is 2.91. The SMILES string of the molecule is CN=C(NCC(OC)c1ccc(F)cc1)N1CCCC(C)C1. The predicted octanol–water partition coefficient (Wildman–Crippen LogP) is 2.82. The smallest absolute Gasteiger partial charge is 0.193 e. The average Bonchev–Trinajstić information content (AvgIpc) is 2.53. The molecule has 0 radical (unpaired) electrons. The van der Waals surface area contributed by atoms with Gasteiger partial charge in [0.25, 0.3) is 0 Å². The van der Waals surface area contributed by atoms with Gasteiger partial charge in [0.2, 0.25) is 0 Å². The fraction of sp³-hybridized carbons (Fsp3) is 0.588. The topological polar surface area (TPSA) is 36.9 Å². The lowest BCUT2D eigenvalue weighted by atomic mass is 10.0. The molecule has 0 bridgehead atoms. The number of ether oxygens (including phenoxy) is 1. The van der Waals surface area contributed by atoms with Crippen LogP contribution in [0.25, 0.3) is 0 Å². The molecule has 1 saturated heterocycles. The lowest BCUT2D eigenvalue weighted by Crippen LogP contribution is -2.47. The number of hydrogen-bond donors (Lipinski definition) is 1. The summed E-state index contributed by atoms with van der Waals surface area (Å²) in [6, 6.07) is 6.44. The van der Waals surface area contributed by atoms with Gasteiger partial charge in [-0.3, -0.25) is 4.99 Å². The van der Waals surface area contributed by atoms with E-state index in [1.165, 1.54) is 25.0 Å². The number of rotatable bonds is 4. The predicted molar refractivity (Wildman–Crippen MR) is 87.5 cm³/mol. The Labute approximate surface area is 132 Å². The Hall–Kier alpha value is -1.62. The van der Waals surface area contributed by atoms with E-state index >= 15 is 0 Å². The van der Waals surface area contributed by atoms with Gasteiger partial charge in [0.1, 0.15) is 5.82 Å². The second-order valence-electron chi connectivity index (χ2n) is 5.90. The van der Waals surface area contributed by atoms with Crippen molar-refractivity contribution in [2.75, 3.05) is 33.8 Å². The Kier molecular flexibility index (Phi) is 6.19. The number of nitrogens with zero attached hydrogens (tertiary/aromatic N) is 2. The molecule has 5 heteroatoms. The highest BCUT2D eigenvalue weighted by atomic mass is 19.1. The quantitative estimate of drug-likeness (QED) is 0.686. The minimum absolute atomic E-state index is 0.125. The lowest BCUT2D eigenvalue weighted by Gasteiger charge is -2.34. The molecule has 2 rings (SSSR count). The van der Waals surface area contributed by atoms with Gasteiger partial charge < -0.3 is 15.0 Å². The van der Waals surface area contributed by atoms with E-state index in [9.17, 15) is 4.39 Å². The molecule has 2 unspecified atom stereocenters. The van der Waals surface area contributed by atoms with E-state index in [1.807, 2.05) is 0 Å². The largest absolute Gasteiger partial charge is 0.375 e. The number of benzene rings is 1. The van der Waals surface area contributed by atoms with Crippen molar-refractivity contribution in [3.63, 3.8) is 0 Å². The minimum Gasteiger partial charge on any atom is -0.375 e. The molecule has 1 aliphatic rings. The monoisotopic (exact) mass is 307 g/mol. The van der Waals surface area contributed by atoms with Crippen molar-refractivity contribution in [1.82, 2.24) is 10.2 Å². The first kappa shape index (κ1) is 16.7. The maximum Gasteiger partial charge on any atom is 0.193 e. The Balaban J connectivity index is 1.94. The summed E-state index contributed by atoms with van der Waals surface area (Å²) in [5.41, 5.74) is 0.957. The lowest BCUT2D eigenvalue weighted by molar-refractivity contribution is 0.105. The molecular weight excluding hydrogens is 281 g/mol. The third-order valence-electron chi connectivity index (χ3n) is 4.14. The molecule has 0 aliphatic carbocycles. The Bertz CT molecular complexity index is 489. The van der Waals surface area contributed by atoms with Gasteiger partial charge in [-0.1, -0.05) is 19.1 Å². The van der Waals surface area contributed by atoms with Gasteiger partial charge in [-0.05, 0) is 36.5 Å². The van der Waals surface area contributed by atoms with Crippen LogP contribution in [0.1, 0.15) is 31.4 Å². The summed E-state index contributed by atoms with van der Waals surface area (Å²) in [6.07, 6.45) is 2.36. The van der Waals surface area contributed by atoms with Crippen LogP contribution in [0, 0.1) is 11.7 Å². The van der Waals surface area contributed by atoms with E-state index in [4.69, 9.17) is 4.74 Å². The first-order valence-electron chi connectivity index (χ1n) is 7.88. The van der Waals surface area contributed by atoms with E-state index in [-0.39, 0.29) is 11.9 Å². The average molecular weight is 307 g/mol. The van der Waals surface area contributed by atoms with Crippen molar-refractivity contribution in [3.8, 4) is 0 Å². The van der Waals surface area contributed by atoms with Gasteiger partial charge in [-0.25, -0.2) is 4.39 Å². The maximum atomic E-state index is 13.0. The maximum absolute atomic E-state index is 13.0. The highest BCUT2D eigenvalue weighted by molar-refractivity contribution is 5.80. The van der Waals surface area contributed by atoms with Crippen LogP contribution in [-0.2, 0) is 4.74 Å². The first-order valence-corrected chi connectivity index (χ1v) is 7.88. The van der Waals surface area contributed by atoms with Crippen LogP contribution in [-0.4, -0.2) is 44.7 Å². The van der Waals surface area contributed by atoms with Crippen LogP contribution in [0.4, 0.5) is 4.39 Å². The fourth-order valence-corrected chi connectivity index (χ4v) is 2.91. The third-order valence-corrected chi connectivity index (χ3v) is 4.14. The number of hydrogen-bond acceptors (Lipinski definition) is 2. The second-order valence-corrected chi connectivity index (χ2v) is 5.90. The summed E-state index contributed by atoms with van der Waals surface area (Å²) in [5.74, 6) is 1.38. The Morgan fingerprint density at radius 2 is 2.18 bits per heavy atom. The van der Waals surface area contributed by atoms with Crippen LogP contribution in [0.2, 0.25) is 0 Å². The highest BCUT2D eigenvalue weighted by Gasteiger charge is 2.20. The number of likely N-dealkylation sites (tertiary alicyclic amines) is 1. The Morgan fingerprint density at radius 1 is 1.45 bits per heavy atom. The molecule has 4 nitrogen and oxygen atoms in total. The number of guanidine groups is 1. The Morgan fingerprint density at radius 3 is 2.77 bits per heavy atom. The number of piperidine rings is 1. The summed E-state index contributed by atoms with van der Waals surface area (Å²) in [6.45, 7) is 4.96. The zero-order valence-corrected chi connectivity index (χ0v) is 13.7. The minimum atomic E-state index is -0.232. The summed E-state index contributed by atoms with van der Waals surface area (Å²) >= 11 is 0. The summed E-state index contributed by atoms with van der Waals surface area (Å²) in [5, 5.41) is 3.38. The van der Waals surface area contributed by atoms with Crippen LogP contribution in [0.5, 0.6) is 0 Å². The molecule has 0 saturated carbocycles. The molecular formula is C17H26FN3O. The number of halogens is 1. The molecule has 1 heterocycles. The zero-order chi connectivity index (χ0) is 15.9. The molecule has 0 amide bonds. The third kappa shape index (κ3) is 4.44. The van der Waals surface area contributed by atoms with Crippen LogP contribution in [0.3, 0.4) is 0 Å². The van der Waals surface area contributed by atoms with Crippen molar-refractivity contribution in [2.24, 2.45) is 10.9 Å². The van der Waals surface area contributed by atoms with E-state index in [0.29, 0.717) is 12.5 Å². The number of aliphatic imine (C=N–C) groups is 1. The zero-order valence-electron chi connectivity index (χ0n) is 13.7. The molecule has 2 atom stereocenters. The van der Waals surface area contributed by atoms with Gasteiger partial charge in [-0.15, -0.1) is 0 Å². The van der Waals surface area contributed by atoms with Crippen molar-refractivity contribution >= 4 is 5.96 Å². The first-order chi connectivity index (χ1) is 10.6. The van der Waals surface area contributed by atoms with E-state index in [1.54, 1.807) is 26.3 Å². The van der Waals surface area contributed by atoms with Crippen molar-refractivity contribution in [1.29, 1.82) is 0 Å². The van der Waals surface area contributed by atoms with Gasteiger partial charge >= 0.3 is 0 Å². The number of nitrogens with one attached hydrogen (secondary N) is 1. The van der Waals surface area contributed by atoms with Gasteiger partial charge in [0.05, 0.1) is 6.10 Å². The second kappa shape index (κ2) is 8.13. The van der Waals surface area contributed by atoms with Gasteiger partial charge in [0, 0.05) is 33.8 Å². The van der Waals surface area contributed by atoms with E-state index < -0.39 is 0 Å².